The van der Waals surface area contributed by atoms with Crippen LogP contribution in [0, 0.1) is 0 Å². The number of rotatable bonds is 7. The summed E-state index contributed by atoms with van der Waals surface area (Å²) in [7, 11) is 0. The first-order valence-corrected chi connectivity index (χ1v) is 13.6. The first-order chi connectivity index (χ1) is 19.2. The molecular formula is C37H32N2. The third-order valence-corrected chi connectivity index (χ3v) is 7.38. The van der Waals surface area contributed by atoms with Crippen molar-refractivity contribution < 1.29 is 0 Å². The topological polar surface area (TPSA) is 24.9 Å². The van der Waals surface area contributed by atoms with E-state index in [4.69, 9.17) is 4.98 Å². The lowest BCUT2D eigenvalue weighted by atomic mass is 9.92. The molecule has 39 heavy (non-hydrogen) atoms. The standard InChI is InChI=1S/C37H32N2/c1-26(2)27-22-24-30(25-23-27)38-37(34-18-9-8-17-32(34)28-12-4-3-5-13-28)36-21-11-20-35(39-36)33-19-10-15-29-14-6-7-16-31(29)33/h3-26,37-38H,1-2H3. The fourth-order valence-corrected chi connectivity index (χ4v) is 5.28. The van der Waals surface area contributed by atoms with E-state index < -0.39 is 0 Å². The summed E-state index contributed by atoms with van der Waals surface area (Å²) >= 11 is 0. The molecule has 0 saturated carbocycles. The maximum Gasteiger partial charge on any atom is 0.0946 e. The lowest BCUT2D eigenvalue weighted by molar-refractivity contribution is 0.864. The molecule has 0 bridgehead atoms. The summed E-state index contributed by atoms with van der Waals surface area (Å²) in [6, 6.07) is 49.2. The summed E-state index contributed by atoms with van der Waals surface area (Å²) in [5.74, 6) is 0.493. The Balaban J connectivity index is 1.49. The summed E-state index contributed by atoms with van der Waals surface area (Å²) in [5, 5.41) is 6.27. The monoisotopic (exact) mass is 504 g/mol. The highest BCUT2D eigenvalue weighted by atomic mass is 15.0. The van der Waals surface area contributed by atoms with E-state index in [1.54, 1.807) is 0 Å². The molecule has 1 aromatic heterocycles. The number of nitrogens with zero attached hydrogens (tertiary/aromatic N) is 1. The summed E-state index contributed by atoms with van der Waals surface area (Å²) in [5.41, 5.74) is 9.10. The quantitative estimate of drug-likeness (QED) is 0.234. The van der Waals surface area contributed by atoms with Crippen LogP contribution in [0.4, 0.5) is 5.69 Å². The smallest absolute Gasteiger partial charge is 0.0946 e. The normalized spacial score (nSPS) is 12.0. The lowest BCUT2D eigenvalue weighted by Crippen LogP contribution is -2.15. The molecule has 0 saturated heterocycles. The number of anilines is 1. The van der Waals surface area contributed by atoms with Gasteiger partial charge in [0.1, 0.15) is 0 Å². The molecule has 2 heteroatoms. The zero-order chi connectivity index (χ0) is 26.6. The average Bonchev–Trinajstić information content (AvgIpc) is 3.00. The van der Waals surface area contributed by atoms with Gasteiger partial charge in [0.2, 0.25) is 0 Å². The molecular weight excluding hydrogens is 472 g/mol. The number of benzene rings is 5. The summed E-state index contributed by atoms with van der Waals surface area (Å²) in [4.78, 5) is 5.28. The minimum absolute atomic E-state index is 0.138. The van der Waals surface area contributed by atoms with Crippen molar-refractivity contribution in [1.29, 1.82) is 0 Å². The van der Waals surface area contributed by atoms with E-state index >= 15 is 0 Å². The molecule has 2 nitrogen and oxygen atoms in total. The highest BCUT2D eigenvalue weighted by Gasteiger charge is 2.21. The second kappa shape index (κ2) is 11.0. The van der Waals surface area contributed by atoms with Crippen molar-refractivity contribution >= 4 is 16.5 Å². The Kier molecular flexibility index (Phi) is 6.93. The van der Waals surface area contributed by atoms with Crippen molar-refractivity contribution in [1.82, 2.24) is 4.98 Å². The number of fused-ring (bicyclic) bond motifs is 1. The van der Waals surface area contributed by atoms with Gasteiger partial charge >= 0.3 is 0 Å². The van der Waals surface area contributed by atoms with E-state index in [-0.39, 0.29) is 6.04 Å². The minimum Gasteiger partial charge on any atom is -0.373 e. The predicted molar refractivity (Wildman–Crippen MR) is 165 cm³/mol. The second-order valence-electron chi connectivity index (χ2n) is 10.3. The molecule has 5 aromatic carbocycles. The van der Waals surface area contributed by atoms with Crippen LogP contribution in [0.3, 0.4) is 0 Å². The van der Waals surface area contributed by atoms with Crippen LogP contribution in [-0.2, 0) is 0 Å². The van der Waals surface area contributed by atoms with Crippen molar-refractivity contribution in [3.63, 3.8) is 0 Å². The van der Waals surface area contributed by atoms with Gasteiger partial charge < -0.3 is 5.32 Å². The molecule has 1 N–H and O–H groups in total. The summed E-state index contributed by atoms with van der Waals surface area (Å²) in [6.45, 7) is 4.45. The average molecular weight is 505 g/mol. The first-order valence-electron chi connectivity index (χ1n) is 13.6. The molecule has 0 aliphatic carbocycles. The van der Waals surface area contributed by atoms with Gasteiger partial charge in [0.15, 0.2) is 0 Å². The third-order valence-electron chi connectivity index (χ3n) is 7.38. The SMILES string of the molecule is CC(C)c1ccc(NC(c2cccc(-c3cccc4ccccc34)n2)c2ccccc2-c2ccccc2)cc1. The van der Waals surface area contributed by atoms with Crippen LogP contribution >= 0.6 is 0 Å². The molecule has 6 aromatic rings. The largest absolute Gasteiger partial charge is 0.373 e. The maximum atomic E-state index is 5.28. The molecule has 0 amide bonds. The van der Waals surface area contributed by atoms with Gasteiger partial charge in [0, 0.05) is 11.3 Å². The predicted octanol–water partition coefficient (Wildman–Crippen LogP) is 9.89. The van der Waals surface area contributed by atoms with Crippen molar-refractivity contribution in [2.45, 2.75) is 25.8 Å². The third kappa shape index (κ3) is 5.19. The van der Waals surface area contributed by atoms with Crippen LogP contribution in [0.5, 0.6) is 0 Å². The van der Waals surface area contributed by atoms with E-state index in [1.165, 1.54) is 33.0 Å². The fraction of sp³-hybridized carbons (Fsp3) is 0.108. The Morgan fingerprint density at radius 1 is 0.564 bits per heavy atom. The first kappa shape index (κ1) is 24.6. The Morgan fingerprint density at radius 2 is 1.23 bits per heavy atom. The maximum absolute atomic E-state index is 5.28. The van der Waals surface area contributed by atoms with Gasteiger partial charge in [-0.3, -0.25) is 4.98 Å². The molecule has 1 unspecified atom stereocenters. The molecule has 0 aliphatic heterocycles. The van der Waals surface area contributed by atoms with Gasteiger partial charge in [-0.2, -0.15) is 0 Å². The van der Waals surface area contributed by atoms with E-state index in [1.807, 2.05) is 0 Å². The van der Waals surface area contributed by atoms with E-state index in [9.17, 15) is 0 Å². The second-order valence-corrected chi connectivity index (χ2v) is 10.3. The number of hydrogen-bond acceptors (Lipinski definition) is 2. The minimum atomic E-state index is -0.138. The van der Waals surface area contributed by atoms with Gasteiger partial charge in [-0.25, -0.2) is 0 Å². The van der Waals surface area contributed by atoms with Crippen LogP contribution in [0.2, 0.25) is 0 Å². The van der Waals surface area contributed by atoms with Gasteiger partial charge in [-0.05, 0) is 63.2 Å². The molecule has 0 aliphatic rings. The molecule has 0 radical (unpaired) electrons. The number of aromatic nitrogens is 1. The van der Waals surface area contributed by atoms with E-state index in [0.717, 1.165) is 22.6 Å². The number of nitrogens with one attached hydrogen (secondary N) is 1. The zero-order valence-corrected chi connectivity index (χ0v) is 22.4. The lowest BCUT2D eigenvalue weighted by Gasteiger charge is -2.24. The Hall–Kier alpha value is -4.69. The molecule has 190 valence electrons. The molecule has 0 fully saturated rings. The van der Waals surface area contributed by atoms with E-state index in [2.05, 4.69) is 159 Å². The summed E-state index contributed by atoms with van der Waals surface area (Å²) in [6.07, 6.45) is 0. The van der Waals surface area contributed by atoms with Gasteiger partial charge in [-0.15, -0.1) is 0 Å². The Labute approximate surface area is 231 Å². The van der Waals surface area contributed by atoms with Crippen LogP contribution < -0.4 is 5.32 Å². The van der Waals surface area contributed by atoms with Crippen LogP contribution in [0.15, 0.2) is 140 Å². The zero-order valence-electron chi connectivity index (χ0n) is 22.4. The van der Waals surface area contributed by atoms with Crippen molar-refractivity contribution in [3.05, 3.63) is 156 Å². The summed E-state index contributed by atoms with van der Waals surface area (Å²) < 4.78 is 0. The van der Waals surface area contributed by atoms with Crippen LogP contribution in [-0.4, -0.2) is 4.98 Å². The van der Waals surface area contributed by atoms with Crippen LogP contribution in [0.1, 0.15) is 42.6 Å². The van der Waals surface area contributed by atoms with Crippen molar-refractivity contribution in [3.8, 4) is 22.4 Å². The highest BCUT2D eigenvalue weighted by molar-refractivity contribution is 5.95. The molecule has 0 spiro atoms. The number of hydrogen-bond donors (Lipinski definition) is 1. The Morgan fingerprint density at radius 3 is 2.05 bits per heavy atom. The van der Waals surface area contributed by atoms with Crippen LogP contribution in [0.25, 0.3) is 33.2 Å². The van der Waals surface area contributed by atoms with Crippen molar-refractivity contribution in [2.24, 2.45) is 0 Å². The van der Waals surface area contributed by atoms with E-state index in [0.29, 0.717) is 5.92 Å². The molecule has 6 rings (SSSR count). The molecule has 1 heterocycles. The van der Waals surface area contributed by atoms with Crippen molar-refractivity contribution in [2.75, 3.05) is 5.32 Å². The van der Waals surface area contributed by atoms with Gasteiger partial charge in [0.25, 0.3) is 0 Å². The van der Waals surface area contributed by atoms with Gasteiger partial charge in [0.05, 0.1) is 17.4 Å². The molecule has 1 atom stereocenters. The fourth-order valence-electron chi connectivity index (χ4n) is 5.28. The van der Waals surface area contributed by atoms with Gasteiger partial charge in [-0.1, -0.05) is 129 Å². The Bertz CT molecular complexity index is 1700. The number of pyridine rings is 1. The highest BCUT2D eigenvalue weighted by Crippen LogP contribution is 2.35.